The minimum absolute atomic E-state index is 0.507. The van der Waals surface area contributed by atoms with Gasteiger partial charge in [-0.3, -0.25) is 0 Å². The molecular formula is C16H17N5. The lowest BCUT2D eigenvalue weighted by molar-refractivity contribution is 0.814. The highest BCUT2D eigenvalue weighted by atomic mass is 15.1. The van der Waals surface area contributed by atoms with Gasteiger partial charge in [-0.25, -0.2) is 15.0 Å². The Labute approximate surface area is 122 Å². The fourth-order valence-electron chi connectivity index (χ4n) is 2.67. The van der Waals surface area contributed by atoms with Gasteiger partial charge in [-0.1, -0.05) is 12.1 Å². The molecule has 2 aromatic heterocycles. The van der Waals surface area contributed by atoms with Crippen molar-refractivity contribution in [2.45, 2.75) is 25.2 Å². The van der Waals surface area contributed by atoms with Crippen molar-refractivity contribution >= 4 is 16.9 Å². The number of para-hydroxylation sites is 2. The highest BCUT2D eigenvalue weighted by Gasteiger charge is 2.27. The van der Waals surface area contributed by atoms with Crippen molar-refractivity contribution in [3.05, 3.63) is 47.7 Å². The third kappa shape index (κ3) is 2.24. The maximum atomic E-state index is 5.91. The van der Waals surface area contributed by atoms with E-state index in [0.29, 0.717) is 18.2 Å². The maximum absolute atomic E-state index is 5.91. The molecule has 0 aliphatic heterocycles. The molecule has 1 fully saturated rings. The molecule has 0 saturated heterocycles. The number of nitrogens with two attached hydrogens (primary N) is 1. The topological polar surface area (TPSA) is 69.6 Å². The lowest BCUT2D eigenvalue weighted by Gasteiger charge is -2.05. The molecule has 5 heteroatoms. The zero-order valence-corrected chi connectivity index (χ0v) is 12.0. The lowest BCUT2D eigenvalue weighted by atomic mass is 10.2. The van der Waals surface area contributed by atoms with Gasteiger partial charge >= 0.3 is 0 Å². The molecule has 2 N–H and O–H groups in total. The number of aryl methyl sites for hydroxylation is 1. The van der Waals surface area contributed by atoms with Gasteiger partial charge in [-0.15, -0.1) is 0 Å². The molecule has 106 valence electrons. The van der Waals surface area contributed by atoms with E-state index in [-0.39, 0.29) is 0 Å². The van der Waals surface area contributed by atoms with Gasteiger partial charge in [0.1, 0.15) is 17.5 Å². The molecule has 3 aromatic rings. The molecule has 0 unspecified atom stereocenters. The van der Waals surface area contributed by atoms with Crippen LogP contribution in [0.5, 0.6) is 0 Å². The predicted molar refractivity (Wildman–Crippen MR) is 81.9 cm³/mol. The third-order valence-electron chi connectivity index (χ3n) is 3.98. The largest absolute Gasteiger partial charge is 0.384 e. The number of benzene rings is 1. The fourth-order valence-corrected chi connectivity index (χ4v) is 2.67. The van der Waals surface area contributed by atoms with Crippen molar-refractivity contribution in [2.75, 3.05) is 5.73 Å². The third-order valence-corrected chi connectivity index (χ3v) is 3.98. The summed E-state index contributed by atoms with van der Waals surface area (Å²) in [6, 6.07) is 10.00. The Bertz CT molecular complexity index is 817. The minimum atomic E-state index is 0.507. The molecular weight excluding hydrogens is 262 g/mol. The average molecular weight is 279 g/mol. The van der Waals surface area contributed by atoms with E-state index in [0.717, 1.165) is 28.4 Å². The molecule has 2 heterocycles. The van der Waals surface area contributed by atoms with E-state index in [1.807, 2.05) is 31.3 Å². The van der Waals surface area contributed by atoms with E-state index >= 15 is 0 Å². The van der Waals surface area contributed by atoms with E-state index in [4.69, 9.17) is 5.73 Å². The quantitative estimate of drug-likeness (QED) is 0.799. The van der Waals surface area contributed by atoms with E-state index in [1.54, 1.807) is 0 Å². The van der Waals surface area contributed by atoms with Crippen molar-refractivity contribution in [1.29, 1.82) is 0 Å². The first-order chi connectivity index (χ1) is 10.2. The summed E-state index contributed by atoms with van der Waals surface area (Å²) in [6.07, 6.45) is 3.03. The SMILES string of the molecule is Cn1c(Cc2cc(N)nc(C3CC3)n2)nc2ccccc21. The van der Waals surface area contributed by atoms with Crippen LogP contribution in [-0.2, 0) is 13.5 Å². The van der Waals surface area contributed by atoms with Crippen LogP contribution in [-0.4, -0.2) is 19.5 Å². The Kier molecular flexibility index (Phi) is 2.67. The summed E-state index contributed by atoms with van der Waals surface area (Å²) in [6.45, 7) is 0. The van der Waals surface area contributed by atoms with Gasteiger partial charge in [0, 0.05) is 25.5 Å². The van der Waals surface area contributed by atoms with Crippen LogP contribution in [0.2, 0.25) is 0 Å². The number of anilines is 1. The monoisotopic (exact) mass is 279 g/mol. The molecule has 4 rings (SSSR count). The number of fused-ring (bicyclic) bond motifs is 1. The van der Waals surface area contributed by atoms with E-state index < -0.39 is 0 Å². The zero-order chi connectivity index (χ0) is 14.4. The Morgan fingerprint density at radius 3 is 2.76 bits per heavy atom. The first-order valence-electron chi connectivity index (χ1n) is 7.24. The highest BCUT2D eigenvalue weighted by molar-refractivity contribution is 5.75. The summed E-state index contributed by atoms with van der Waals surface area (Å²) in [4.78, 5) is 13.7. The van der Waals surface area contributed by atoms with Gasteiger partial charge < -0.3 is 10.3 Å². The number of nitrogens with zero attached hydrogens (tertiary/aromatic N) is 4. The van der Waals surface area contributed by atoms with Gasteiger partial charge in [0.15, 0.2) is 0 Å². The molecule has 21 heavy (non-hydrogen) atoms. The Balaban J connectivity index is 1.72. The van der Waals surface area contributed by atoms with E-state index in [9.17, 15) is 0 Å². The smallest absolute Gasteiger partial charge is 0.134 e. The Hall–Kier alpha value is -2.43. The first kappa shape index (κ1) is 12.3. The molecule has 0 radical (unpaired) electrons. The number of aromatic nitrogens is 4. The van der Waals surface area contributed by atoms with Crippen molar-refractivity contribution in [3.63, 3.8) is 0 Å². The zero-order valence-electron chi connectivity index (χ0n) is 12.0. The predicted octanol–water partition coefficient (Wildman–Crippen LogP) is 2.41. The molecule has 0 amide bonds. The summed E-state index contributed by atoms with van der Waals surface area (Å²) >= 11 is 0. The van der Waals surface area contributed by atoms with Gasteiger partial charge in [0.05, 0.1) is 16.7 Å². The second-order valence-electron chi connectivity index (χ2n) is 5.67. The molecule has 1 aliphatic carbocycles. The van der Waals surface area contributed by atoms with Crippen LogP contribution in [0.1, 0.15) is 36.1 Å². The van der Waals surface area contributed by atoms with Crippen molar-refractivity contribution in [3.8, 4) is 0 Å². The molecule has 1 aromatic carbocycles. The Morgan fingerprint density at radius 2 is 2.00 bits per heavy atom. The van der Waals surface area contributed by atoms with Crippen LogP contribution in [0, 0.1) is 0 Å². The summed E-state index contributed by atoms with van der Waals surface area (Å²) in [5.41, 5.74) is 9.01. The normalized spacial score (nSPS) is 14.7. The van der Waals surface area contributed by atoms with Gasteiger partial charge in [-0.05, 0) is 25.0 Å². The van der Waals surface area contributed by atoms with E-state index in [1.165, 1.54) is 12.8 Å². The van der Waals surface area contributed by atoms with Crippen LogP contribution in [0.15, 0.2) is 30.3 Å². The summed E-state index contributed by atoms with van der Waals surface area (Å²) in [5, 5.41) is 0. The number of imidazole rings is 1. The number of rotatable bonds is 3. The van der Waals surface area contributed by atoms with Crippen molar-refractivity contribution < 1.29 is 0 Å². The molecule has 0 bridgehead atoms. The van der Waals surface area contributed by atoms with E-state index in [2.05, 4.69) is 25.6 Å². The standard InChI is InChI=1S/C16H17N5/c1-21-13-5-3-2-4-12(13)19-15(21)9-11-8-14(17)20-16(18-11)10-6-7-10/h2-5,8,10H,6-7,9H2,1H3,(H2,17,18,20). The van der Waals surface area contributed by atoms with Gasteiger partial charge in [0.2, 0.25) is 0 Å². The highest BCUT2D eigenvalue weighted by Crippen LogP contribution is 2.38. The van der Waals surface area contributed by atoms with Crippen LogP contribution in [0.4, 0.5) is 5.82 Å². The number of nitrogen functional groups attached to an aromatic ring is 1. The molecule has 1 aliphatic rings. The average Bonchev–Trinajstić information content (AvgIpc) is 3.26. The van der Waals surface area contributed by atoms with Crippen molar-refractivity contribution in [2.24, 2.45) is 7.05 Å². The number of hydrogen-bond acceptors (Lipinski definition) is 4. The molecule has 0 atom stereocenters. The van der Waals surface area contributed by atoms with Crippen LogP contribution in [0.3, 0.4) is 0 Å². The molecule has 1 saturated carbocycles. The number of hydrogen-bond donors (Lipinski definition) is 1. The first-order valence-corrected chi connectivity index (χ1v) is 7.24. The second kappa shape index (κ2) is 4.55. The minimum Gasteiger partial charge on any atom is -0.384 e. The van der Waals surface area contributed by atoms with Crippen LogP contribution in [0.25, 0.3) is 11.0 Å². The molecule has 5 nitrogen and oxygen atoms in total. The summed E-state index contributed by atoms with van der Waals surface area (Å²) in [7, 11) is 2.04. The second-order valence-corrected chi connectivity index (χ2v) is 5.67. The maximum Gasteiger partial charge on any atom is 0.134 e. The molecule has 0 spiro atoms. The van der Waals surface area contributed by atoms with Crippen LogP contribution >= 0.6 is 0 Å². The van der Waals surface area contributed by atoms with Gasteiger partial charge in [0.25, 0.3) is 0 Å². The lowest BCUT2D eigenvalue weighted by Crippen LogP contribution is -2.06. The fraction of sp³-hybridized carbons (Fsp3) is 0.312. The van der Waals surface area contributed by atoms with Gasteiger partial charge in [-0.2, -0.15) is 0 Å². The summed E-state index contributed by atoms with van der Waals surface area (Å²) in [5.74, 6) is 2.95. The Morgan fingerprint density at radius 1 is 1.19 bits per heavy atom. The summed E-state index contributed by atoms with van der Waals surface area (Å²) < 4.78 is 2.12. The van der Waals surface area contributed by atoms with Crippen molar-refractivity contribution in [1.82, 2.24) is 19.5 Å². The van der Waals surface area contributed by atoms with Crippen LogP contribution < -0.4 is 5.73 Å².